The van der Waals surface area contributed by atoms with Crippen LogP contribution >= 0.6 is 0 Å². The first-order valence-corrected chi connectivity index (χ1v) is 11.0. The molecule has 20 heavy (non-hydrogen) atoms. The molecular weight excluding hydrogens is 262 g/mol. The van der Waals surface area contributed by atoms with E-state index >= 15 is 0 Å². The molecule has 0 aromatic carbocycles. The van der Waals surface area contributed by atoms with Crippen LogP contribution in [0.5, 0.6) is 0 Å². The van der Waals surface area contributed by atoms with Gasteiger partial charge in [0.05, 0.1) is 5.41 Å². The molecule has 2 bridgehead atoms. The summed E-state index contributed by atoms with van der Waals surface area (Å²) in [6.45, 7) is 9.19. The Kier molecular flexibility index (Phi) is 3.24. The van der Waals surface area contributed by atoms with E-state index < -0.39 is 8.80 Å². The zero-order valence-corrected chi connectivity index (χ0v) is 14.4. The van der Waals surface area contributed by atoms with E-state index in [1.807, 2.05) is 0 Å². The molecule has 0 heterocycles. The summed E-state index contributed by atoms with van der Waals surface area (Å²) in [5.41, 5.74) is 10.5. The van der Waals surface area contributed by atoms with Gasteiger partial charge in [0, 0.05) is 8.80 Å². The van der Waals surface area contributed by atoms with Crippen LogP contribution in [0.3, 0.4) is 0 Å². The van der Waals surface area contributed by atoms with Crippen LogP contribution in [0, 0.1) is 17.3 Å². The van der Waals surface area contributed by atoms with E-state index in [0.717, 1.165) is 12.3 Å². The molecule has 3 aliphatic carbocycles. The molecule has 0 radical (unpaired) electrons. The number of rotatable bonds is 3. The molecular formula is C17H27NOSi. The number of hydrogen-bond acceptors (Lipinski definition) is 1. The van der Waals surface area contributed by atoms with E-state index in [-0.39, 0.29) is 11.3 Å². The average Bonchev–Trinajstić information content (AvgIpc) is 3.02. The van der Waals surface area contributed by atoms with Crippen LogP contribution in [-0.4, -0.2) is 14.7 Å². The zero-order valence-electron chi connectivity index (χ0n) is 13.2. The Labute approximate surface area is 124 Å². The highest BCUT2D eigenvalue weighted by atomic mass is 28.3. The van der Waals surface area contributed by atoms with E-state index in [2.05, 4.69) is 33.0 Å². The van der Waals surface area contributed by atoms with Gasteiger partial charge in [-0.3, -0.25) is 4.79 Å². The lowest BCUT2D eigenvalue weighted by Gasteiger charge is -2.45. The van der Waals surface area contributed by atoms with E-state index in [0.29, 0.717) is 11.5 Å². The molecule has 2 nitrogen and oxygen atoms in total. The topological polar surface area (TPSA) is 43.1 Å². The number of fused-ring (bicyclic) bond motifs is 2. The van der Waals surface area contributed by atoms with Crippen molar-refractivity contribution in [3.8, 4) is 0 Å². The number of allylic oxidation sites excluding steroid dienone is 3. The molecule has 1 amide bonds. The molecule has 0 spiro atoms. The molecule has 0 aliphatic heterocycles. The summed E-state index contributed by atoms with van der Waals surface area (Å²) in [6.07, 6.45) is 7.06. The molecule has 3 heteroatoms. The van der Waals surface area contributed by atoms with Crippen LogP contribution in [0.1, 0.15) is 39.5 Å². The Morgan fingerprint density at radius 1 is 1.35 bits per heavy atom. The van der Waals surface area contributed by atoms with Gasteiger partial charge in [-0.15, -0.1) is 0 Å². The van der Waals surface area contributed by atoms with Crippen LogP contribution in [0.25, 0.3) is 0 Å². The molecule has 2 fully saturated rings. The van der Waals surface area contributed by atoms with Gasteiger partial charge in [0.15, 0.2) is 0 Å². The van der Waals surface area contributed by atoms with Gasteiger partial charge in [-0.2, -0.15) is 0 Å². The maximum absolute atomic E-state index is 12.6. The third kappa shape index (κ3) is 1.65. The standard InChI is InChI=1S/C17H27NOSi/c1-10-7-14(8-11(10)2)17(16(18)19)13-6-5-12(9-13)15(17)20(3)4/h7,12-13,15,20H,5-6,8-9H2,1-4H3,(H2,18,19). The van der Waals surface area contributed by atoms with Crippen LogP contribution in [0.15, 0.2) is 22.8 Å². The van der Waals surface area contributed by atoms with Crippen LogP contribution in [0.4, 0.5) is 0 Å². The van der Waals surface area contributed by atoms with Crippen LogP contribution in [-0.2, 0) is 4.79 Å². The molecule has 2 saturated carbocycles. The zero-order chi connectivity index (χ0) is 14.7. The van der Waals surface area contributed by atoms with Gasteiger partial charge in [-0.1, -0.05) is 42.3 Å². The first kappa shape index (κ1) is 14.1. The number of carbonyl (C=O) groups excluding carboxylic acids is 1. The van der Waals surface area contributed by atoms with Crippen molar-refractivity contribution in [2.24, 2.45) is 23.0 Å². The average molecular weight is 289 g/mol. The van der Waals surface area contributed by atoms with Crippen molar-refractivity contribution in [2.45, 2.75) is 58.2 Å². The number of hydrogen-bond donors (Lipinski definition) is 1. The fraction of sp³-hybridized carbons (Fsp3) is 0.706. The Morgan fingerprint density at radius 2 is 2.05 bits per heavy atom. The lowest BCUT2D eigenvalue weighted by Crippen LogP contribution is -2.49. The minimum atomic E-state index is -0.906. The largest absolute Gasteiger partial charge is 0.369 e. The Morgan fingerprint density at radius 3 is 2.55 bits per heavy atom. The number of carbonyl (C=O) groups is 1. The molecule has 0 aromatic rings. The summed E-state index contributed by atoms with van der Waals surface area (Å²) in [4.78, 5) is 12.6. The van der Waals surface area contributed by atoms with E-state index in [1.54, 1.807) is 0 Å². The third-order valence-corrected chi connectivity index (χ3v) is 8.83. The first-order valence-electron chi connectivity index (χ1n) is 8.06. The van der Waals surface area contributed by atoms with Crippen LogP contribution < -0.4 is 5.73 Å². The fourth-order valence-corrected chi connectivity index (χ4v) is 8.74. The predicted octanol–water partition coefficient (Wildman–Crippen LogP) is 3.41. The Bertz CT molecular complexity index is 519. The minimum absolute atomic E-state index is 0.0235. The Hall–Kier alpha value is -0.833. The fourth-order valence-electron chi connectivity index (χ4n) is 5.60. The summed E-state index contributed by atoms with van der Waals surface area (Å²) in [6, 6.07) is 0. The monoisotopic (exact) mass is 289 g/mol. The minimum Gasteiger partial charge on any atom is -0.369 e. The lowest BCUT2D eigenvalue weighted by atomic mass is 9.66. The van der Waals surface area contributed by atoms with E-state index in [1.165, 1.54) is 36.0 Å². The normalized spacial score (nSPS) is 39.9. The first-order chi connectivity index (χ1) is 9.38. The Balaban J connectivity index is 2.09. The molecule has 2 N–H and O–H groups in total. The quantitative estimate of drug-likeness (QED) is 0.795. The van der Waals surface area contributed by atoms with Crippen molar-refractivity contribution in [2.75, 3.05) is 0 Å². The molecule has 4 unspecified atom stereocenters. The van der Waals surface area contributed by atoms with Gasteiger partial charge < -0.3 is 5.73 Å². The van der Waals surface area contributed by atoms with E-state index in [4.69, 9.17) is 5.73 Å². The highest BCUT2D eigenvalue weighted by Gasteiger charge is 2.63. The van der Waals surface area contributed by atoms with Crippen molar-refractivity contribution in [1.29, 1.82) is 0 Å². The lowest BCUT2D eigenvalue weighted by molar-refractivity contribution is -0.128. The van der Waals surface area contributed by atoms with Gasteiger partial charge in [0.1, 0.15) is 0 Å². The summed E-state index contributed by atoms with van der Waals surface area (Å²) < 4.78 is 0. The van der Waals surface area contributed by atoms with Crippen molar-refractivity contribution in [3.63, 3.8) is 0 Å². The summed E-state index contributed by atoms with van der Waals surface area (Å²) in [5, 5.41) is 0. The molecule has 110 valence electrons. The van der Waals surface area contributed by atoms with Gasteiger partial charge in [-0.25, -0.2) is 0 Å². The van der Waals surface area contributed by atoms with Gasteiger partial charge in [0.25, 0.3) is 0 Å². The van der Waals surface area contributed by atoms with Crippen molar-refractivity contribution < 1.29 is 4.79 Å². The molecule has 4 atom stereocenters. The van der Waals surface area contributed by atoms with Crippen molar-refractivity contribution in [1.82, 2.24) is 0 Å². The molecule has 0 aromatic heterocycles. The highest BCUT2D eigenvalue weighted by Crippen LogP contribution is 2.67. The molecule has 3 rings (SSSR count). The van der Waals surface area contributed by atoms with Crippen molar-refractivity contribution in [3.05, 3.63) is 22.8 Å². The summed E-state index contributed by atoms with van der Waals surface area (Å²) >= 11 is 0. The summed E-state index contributed by atoms with van der Waals surface area (Å²) in [7, 11) is -0.906. The second-order valence-electron chi connectivity index (χ2n) is 7.58. The predicted molar refractivity (Wildman–Crippen MR) is 86.2 cm³/mol. The molecule has 3 aliphatic rings. The number of nitrogens with two attached hydrogens (primary N) is 1. The smallest absolute Gasteiger partial charge is 0.228 e. The SMILES string of the molecule is CC1=C(C)CC(C2(C(N)=O)C3CCC(C3)C2[SiH](C)C)=C1. The van der Waals surface area contributed by atoms with Gasteiger partial charge in [0.2, 0.25) is 5.91 Å². The van der Waals surface area contributed by atoms with Gasteiger partial charge >= 0.3 is 0 Å². The van der Waals surface area contributed by atoms with Crippen molar-refractivity contribution >= 4 is 14.7 Å². The second-order valence-corrected chi connectivity index (χ2v) is 10.8. The maximum atomic E-state index is 12.6. The number of primary amides is 1. The maximum Gasteiger partial charge on any atom is 0.228 e. The van der Waals surface area contributed by atoms with Gasteiger partial charge in [-0.05, 0) is 50.5 Å². The second kappa shape index (κ2) is 4.59. The third-order valence-electron chi connectivity index (χ3n) is 6.33. The highest BCUT2D eigenvalue weighted by molar-refractivity contribution is 6.58. The number of amides is 1. The van der Waals surface area contributed by atoms with E-state index in [9.17, 15) is 4.79 Å². The molecule has 0 saturated heterocycles. The summed E-state index contributed by atoms with van der Waals surface area (Å²) in [5.74, 6) is 1.26. The van der Waals surface area contributed by atoms with Crippen LogP contribution in [0.2, 0.25) is 18.6 Å².